The van der Waals surface area contributed by atoms with Gasteiger partial charge in [0.25, 0.3) is 0 Å². The van der Waals surface area contributed by atoms with Crippen LogP contribution in [0.1, 0.15) is 26.2 Å². The van der Waals surface area contributed by atoms with Gasteiger partial charge in [0, 0.05) is 23.7 Å². The van der Waals surface area contributed by atoms with Crippen molar-refractivity contribution >= 4 is 17.8 Å². The summed E-state index contributed by atoms with van der Waals surface area (Å²) in [6.45, 7) is 2.16. The van der Waals surface area contributed by atoms with E-state index in [4.69, 9.17) is 0 Å². The topological polar surface area (TPSA) is 46.9 Å². The summed E-state index contributed by atoms with van der Waals surface area (Å²) in [5.41, 5.74) is 0. The molecule has 2 unspecified atom stereocenters. The first-order chi connectivity index (χ1) is 7.81. The molecule has 0 radical (unpaired) electrons. The highest BCUT2D eigenvalue weighted by molar-refractivity contribution is 7.99. The number of carbonyl (C=O) groups excluding carboxylic acids is 1. The van der Waals surface area contributed by atoms with Crippen molar-refractivity contribution in [2.24, 2.45) is 0 Å². The van der Waals surface area contributed by atoms with Gasteiger partial charge in [0.15, 0.2) is 0 Å². The van der Waals surface area contributed by atoms with E-state index < -0.39 is 0 Å². The van der Waals surface area contributed by atoms with E-state index in [-0.39, 0.29) is 6.03 Å². The normalized spacial score (nSPS) is 24.6. The van der Waals surface area contributed by atoms with Crippen LogP contribution in [0.4, 0.5) is 4.79 Å². The standard InChI is InChI=1S/C11H17N3OS/c1-2-16-10-5-3-4-9(10)13-11(15)14-7-6-12-8-14/h6-10H,2-5H2,1H3,(H,13,15). The maximum atomic E-state index is 11.8. The minimum absolute atomic E-state index is 0.0638. The number of aromatic nitrogens is 2. The lowest BCUT2D eigenvalue weighted by Gasteiger charge is -2.19. The van der Waals surface area contributed by atoms with E-state index >= 15 is 0 Å². The van der Waals surface area contributed by atoms with Crippen molar-refractivity contribution in [1.82, 2.24) is 14.9 Å². The van der Waals surface area contributed by atoms with Gasteiger partial charge in [-0.2, -0.15) is 11.8 Å². The molecule has 2 atom stereocenters. The molecular formula is C11H17N3OS. The van der Waals surface area contributed by atoms with E-state index in [2.05, 4.69) is 17.2 Å². The fourth-order valence-corrected chi connectivity index (χ4v) is 3.32. The highest BCUT2D eigenvalue weighted by Crippen LogP contribution is 2.29. The number of imidazole rings is 1. The van der Waals surface area contributed by atoms with Crippen molar-refractivity contribution in [3.63, 3.8) is 0 Å². The van der Waals surface area contributed by atoms with Gasteiger partial charge in [-0.3, -0.25) is 4.57 Å². The van der Waals surface area contributed by atoms with Gasteiger partial charge in [0.05, 0.1) is 0 Å². The van der Waals surface area contributed by atoms with Crippen LogP contribution in [0.5, 0.6) is 0 Å². The van der Waals surface area contributed by atoms with Crippen molar-refractivity contribution in [3.05, 3.63) is 18.7 Å². The lowest BCUT2D eigenvalue weighted by atomic mass is 10.2. The van der Waals surface area contributed by atoms with Gasteiger partial charge in [-0.05, 0) is 18.6 Å². The quantitative estimate of drug-likeness (QED) is 0.879. The van der Waals surface area contributed by atoms with Crippen molar-refractivity contribution in [1.29, 1.82) is 0 Å². The molecule has 4 nitrogen and oxygen atoms in total. The number of thioether (sulfide) groups is 1. The molecule has 88 valence electrons. The van der Waals surface area contributed by atoms with Crippen molar-refractivity contribution in [3.8, 4) is 0 Å². The zero-order chi connectivity index (χ0) is 11.4. The molecule has 0 spiro atoms. The van der Waals surface area contributed by atoms with Crippen LogP contribution in [-0.4, -0.2) is 32.6 Å². The predicted octanol–water partition coefficient (Wildman–Crippen LogP) is 2.12. The monoisotopic (exact) mass is 239 g/mol. The summed E-state index contributed by atoms with van der Waals surface area (Å²) in [5.74, 6) is 1.11. The molecule has 1 heterocycles. The summed E-state index contributed by atoms with van der Waals surface area (Å²) >= 11 is 1.95. The first-order valence-electron chi connectivity index (χ1n) is 5.71. The minimum atomic E-state index is -0.0638. The zero-order valence-corrected chi connectivity index (χ0v) is 10.2. The van der Waals surface area contributed by atoms with E-state index in [1.54, 1.807) is 12.4 Å². The molecule has 1 fully saturated rings. The smallest absolute Gasteiger partial charge is 0.327 e. The molecule has 1 aliphatic rings. The molecule has 16 heavy (non-hydrogen) atoms. The summed E-state index contributed by atoms with van der Waals surface area (Å²) in [7, 11) is 0. The van der Waals surface area contributed by atoms with E-state index in [0.29, 0.717) is 11.3 Å². The third-order valence-corrected chi connectivity index (χ3v) is 4.21. The van der Waals surface area contributed by atoms with Gasteiger partial charge in [0.2, 0.25) is 0 Å². The summed E-state index contributed by atoms with van der Waals surface area (Å²) in [6.07, 6.45) is 8.35. The van der Waals surface area contributed by atoms with Crippen LogP contribution >= 0.6 is 11.8 Å². The Morgan fingerprint density at radius 2 is 2.50 bits per heavy atom. The average Bonchev–Trinajstić information content (AvgIpc) is 2.90. The number of amides is 1. The summed E-state index contributed by atoms with van der Waals surface area (Å²) in [5, 5.41) is 3.66. The Hall–Kier alpha value is -0.970. The molecule has 1 aromatic rings. The number of nitrogens with zero attached hydrogens (tertiary/aromatic N) is 2. The molecule has 0 saturated heterocycles. The minimum Gasteiger partial charge on any atom is -0.334 e. The average molecular weight is 239 g/mol. The zero-order valence-electron chi connectivity index (χ0n) is 9.43. The van der Waals surface area contributed by atoms with Gasteiger partial charge in [-0.1, -0.05) is 13.3 Å². The molecule has 2 rings (SSSR count). The molecule has 0 bridgehead atoms. The van der Waals surface area contributed by atoms with E-state index in [9.17, 15) is 4.79 Å². The van der Waals surface area contributed by atoms with Crippen molar-refractivity contribution < 1.29 is 4.79 Å². The van der Waals surface area contributed by atoms with Crippen LogP contribution in [-0.2, 0) is 0 Å². The van der Waals surface area contributed by atoms with Crippen molar-refractivity contribution in [2.45, 2.75) is 37.5 Å². The first-order valence-corrected chi connectivity index (χ1v) is 6.76. The number of carbonyl (C=O) groups is 1. The Kier molecular flexibility index (Phi) is 3.88. The van der Waals surface area contributed by atoms with E-state index in [0.717, 1.165) is 12.2 Å². The van der Waals surface area contributed by atoms with Crippen LogP contribution in [0, 0.1) is 0 Å². The first kappa shape index (κ1) is 11.5. The molecule has 0 aliphatic heterocycles. The Labute approximate surface area is 99.8 Å². The molecule has 0 aromatic carbocycles. The summed E-state index contributed by atoms with van der Waals surface area (Å²) < 4.78 is 1.49. The summed E-state index contributed by atoms with van der Waals surface area (Å²) in [4.78, 5) is 15.7. The molecule has 1 amide bonds. The maximum Gasteiger partial charge on any atom is 0.327 e. The van der Waals surface area contributed by atoms with Crippen LogP contribution in [0.15, 0.2) is 18.7 Å². The van der Waals surface area contributed by atoms with Gasteiger partial charge < -0.3 is 5.32 Å². The molecule has 1 aromatic heterocycles. The molecular weight excluding hydrogens is 222 g/mol. The Morgan fingerprint density at radius 1 is 1.62 bits per heavy atom. The largest absolute Gasteiger partial charge is 0.334 e. The van der Waals surface area contributed by atoms with Crippen LogP contribution < -0.4 is 5.32 Å². The highest BCUT2D eigenvalue weighted by atomic mass is 32.2. The fourth-order valence-electron chi connectivity index (χ4n) is 2.12. The second-order valence-electron chi connectivity index (χ2n) is 3.95. The van der Waals surface area contributed by atoms with E-state index in [1.807, 2.05) is 11.8 Å². The SMILES string of the molecule is CCSC1CCCC1NC(=O)n1ccnc1. The third kappa shape index (κ3) is 2.58. The molecule has 5 heteroatoms. The van der Waals surface area contributed by atoms with Gasteiger partial charge >= 0.3 is 6.03 Å². The van der Waals surface area contributed by atoms with Crippen LogP contribution in [0.25, 0.3) is 0 Å². The molecule has 1 N–H and O–H groups in total. The fraction of sp³-hybridized carbons (Fsp3) is 0.636. The molecule has 1 saturated carbocycles. The van der Waals surface area contributed by atoms with Crippen LogP contribution in [0.2, 0.25) is 0 Å². The predicted molar refractivity (Wildman–Crippen MR) is 65.7 cm³/mol. The second kappa shape index (κ2) is 5.39. The van der Waals surface area contributed by atoms with Gasteiger partial charge in [-0.25, -0.2) is 9.78 Å². The lowest BCUT2D eigenvalue weighted by molar-refractivity contribution is 0.239. The number of rotatable bonds is 3. The number of hydrogen-bond acceptors (Lipinski definition) is 3. The highest BCUT2D eigenvalue weighted by Gasteiger charge is 2.28. The van der Waals surface area contributed by atoms with Gasteiger partial charge in [0.1, 0.15) is 6.33 Å². The van der Waals surface area contributed by atoms with Gasteiger partial charge in [-0.15, -0.1) is 0 Å². The Morgan fingerprint density at radius 3 is 3.19 bits per heavy atom. The Balaban J connectivity index is 1.91. The Bertz CT molecular complexity index is 339. The number of nitrogens with one attached hydrogen (secondary N) is 1. The van der Waals surface area contributed by atoms with Crippen molar-refractivity contribution in [2.75, 3.05) is 5.75 Å². The maximum absolute atomic E-state index is 11.8. The summed E-state index contributed by atoms with van der Waals surface area (Å²) in [6, 6.07) is 0.256. The lowest BCUT2D eigenvalue weighted by Crippen LogP contribution is -2.40. The second-order valence-corrected chi connectivity index (χ2v) is 5.47. The number of hydrogen-bond donors (Lipinski definition) is 1. The van der Waals surface area contributed by atoms with E-state index in [1.165, 1.54) is 23.7 Å². The molecule has 1 aliphatic carbocycles. The third-order valence-electron chi connectivity index (χ3n) is 2.88. The van der Waals surface area contributed by atoms with Crippen LogP contribution in [0.3, 0.4) is 0 Å².